The molecule has 3 nitrogen and oxygen atoms in total. The van der Waals surface area contributed by atoms with E-state index in [2.05, 4.69) is 32.7 Å². The maximum atomic E-state index is 10.6. The minimum Gasteiger partial charge on any atom is -0.370 e. The van der Waals surface area contributed by atoms with Crippen molar-refractivity contribution in [3.63, 3.8) is 0 Å². The SMILES string of the molecule is CC(CC(N)=O)NCc1csc(Br)c1. The molecule has 0 aliphatic carbocycles. The largest absolute Gasteiger partial charge is 0.370 e. The number of carbonyl (C=O) groups excluding carboxylic acids is 1. The molecule has 3 N–H and O–H groups in total. The summed E-state index contributed by atoms with van der Waals surface area (Å²) >= 11 is 5.05. The van der Waals surface area contributed by atoms with Crippen molar-refractivity contribution in [2.24, 2.45) is 5.73 Å². The zero-order valence-corrected chi connectivity index (χ0v) is 10.3. The Morgan fingerprint density at radius 1 is 1.79 bits per heavy atom. The van der Waals surface area contributed by atoms with Gasteiger partial charge in [-0.1, -0.05) is 0 Å². The van der Waals surface area contributed by atoms with Crippen LogP contribution in [0.1, 0.15) is 18.9 Å². The summed E-state index contributed by atoms with van der Waals surface area (Å²) in [6.45, 7) is 2.72. The number of thiophene rings is 1. The lowest BCUT2D eigenvalue weighted by molar-refractivity contribution is -0.118. The van der Waals surface area contributed by atoms with Crippen LogP contribution in [0.25, 0.3) is 0 Å². The van der Waals surface area contributed by atoms with Crippen LogP contribution in [0.3, 0.4) is 0 Å². The first kappa shape index (κ1) is 11.7. The Bertz CT molecular complexity index is 314. The van der Waals surface area contributed by atoms with Crippen molar-refractivity contribution in [3.05, 3.63) is 20.8 Å². The molecular formula is C9H13BrN2OS. The van der Waals surface area contributed by atoms with Gasteiger partial charge >= 0.3 is 0 Å². The Hall–Kier alpha value is -0.390. The molecule has 1 rings (SSSR count). The lowest BCUT2D eigenvalue weighted by Crippen LogP contribution is -2.30. The average Bonchev–Trinajstić information content (AvgIpc) is 2.47. The normalized spacial score (nSPS) is 12.7. The average molecular weight is 277 g/mol. The van der Waals surface area contributed by atoms with Crippen LogP contribution in [0.2, 0.25) is 0 Å². The Morgan fingerprint density at radius 3 is 3.00 bits per heavy atom. The Labute approximate surface area is 95.8 Å². The summed E-state index contributed by atoms with van der Waals surface area (Å²) in [7, 11) is 0. The third-order valence-corrected chi connectivity index (χ3v) is 3.34. The van der Waals surface area contributed by atoms with Gasteiger partial charge in [0, 0.05) is 19.0 Å². The van der Waals surface area contributed by atoms with Gasteiger partial charge in [-0.25, -0.2) is 0 Å². The van der Waals surface area contributed by atoms with Crippen LogP contribution in [-0.4, -0.2) is 11.9 Å². The molecule has 5 heteroatoms. The van der Waals surface area contributed by atoms with Crippen LogP contribution in [0.5, 0.6) is 0 Å². The summed E-state index contributed by atoms with van der Waals surface area (Å²) in [6, 6.07) is 2.19. The summed E-state index contributed by atoms with van der Waals surface area (Å²) in [5, 5.41) is 5.31. The fourth-order valence-corrected chi connectivity index (χ4v) is 2.31. The molecule has 1 aromatic heterocycles. The van der Waals surface area contributed by atoms with Gasteiger partial charge in [0.05, 0.1) is 3.79 Å². The van der Waals surface area contributed by atoms with E-state index in [1.165, 1.54) is 5.56 Å². The molecule has 0 aliphatic rings. The molecule has 0 bridgehead atoms. The summed E-state index contributed by atoms with van der Waals surface area (Å²) in [5.41, 5.74) is 6.30. The van der Waals surface area contributed by atoms with Gasteiger partial charge in [-0.2, -0.15) is 0 Å². The molecule has 1 aromatic rings. The third-order valence-electron chi connectivity index (χ3n) is 1.78. The first-order valence-electron chi connectivity index (χ1n) is 4.32. The number of primary amides is 1. The molecule has 0 aliphatic heterocycles. The maximum Gasteiger partial charge on any atom is 0.218 e. The van der Waals surface area contributed by atoms with E-state index in [4.69, 9.17) is 5.73 Å². The molecule has 1 heterocycles. The van der Waals surface area contributed by atoms with Crippen molar-refractivity contribution in [1.29, 1.82) is 0 Å². The summed E-state index contributed by atoms with van der Waals surface area (Å²) in [5.74, 6) is -0.267. The van der Waals surface area contributed by atoms with Gasteiger partial charge in [0.2, 0.25) is 5.91 Å². The molecule has 14 heavy (non-hydrogen) atoms. The molecule has 0 spiro atoms. The van der Waals surface area contributed by atoms with E-state index in [9.17, 15) is 4.79 Å². The van der Waals surface area contributed by atoms with E-state index in [0.29, 0.717) is 6.42 Å². The zero-order valence-electron chi connectivity index (χ0n) is 7.92. The van der Waals surface area contributed by atoms with E-state index in [-0.39, 0.29) is 11.9 Å². The predicted octanol–water partition coefficient (Wildman–Crippen LogP) is 1.86. The van der Waals surface area contributed by atoms with Gasteiger partial charge in [0.1, 0.15) is 0 Å². The van der Waals surface area contributed by atoms with Gasteiger partial charge < -0.3 is 11.1 Å². The summed E-state index contributed by atoms with van der Waals surface area (Å²) < 4.78 is 1.12. The molecule has 1 amide bonds. The monoisotopic (exact) mass is 276 g/mol. The highest BCUT2D eigenvalue weighted by atomic mass is 79.9. The molecule has 1 unspecified atom stereocenters. The van der Waals surface area contributed by atoms with Crippen molar-refractivity contribution in [1.82, 2.24) is 5.32 Å². The van der Waals surface area contributed by atoms with E-state index in [1.807, 2.05) is 6.92 Å². The zero-order chi connectivity index (χ0) is 10.6. The van der Waals surface area contributed by atoms with Crippen LogP contribution in [0.4, 0.5) is 0 Å². The number of hydrogen-bond acceptors (Lipinski definition) is 3. The first-order valence-corrected chi connectivity index (χ1v) is 6.00. The fraction of sp³-hybridized carbons (Fsp3) is 0.444. The lowest BCUT2D eigenvalue weighted by Gasteiger charge is -2.10. The standard InChI is InChI=1S/C9H13BrN2OS/c1-6(2-9(11)13)12-4-7-3-8(10)14-5-7/h3,5-6,12H,2,4H2,1H3,(H2,11,13). The Morgan fingerprint density at radius 2 is 2.50 bits per heavy atom. The second kappa shape index (κ2) is 5.48. The quantitative estimate of drug-likeness (QED) is 0.863. The van der Waals surface area contributed by atoms with Gasteiger partial charge in [0.15, 0.2) is 0 Å². The molecule has 78 valence electrons. The highest BCUT2D eigenvalue weighted by Gasteiger charge is 2.05. The predicted molar refractivity (Wildman–Crippen MR) is 62.1 cm³/mol. The van der Waals surface area contributed by atoms with Crippen LogP contribution < -0.4 is 11.1 Å². The number of carbonyl (C=O) groups is 1. The number of rotatable bonds is 5. The number of nitrogens with one attached hydrogen (secondary N) is 1. The minimum atomic E-state index is -0.267. The minimum absolute atomic E-state index is 0.131. The third kappa shape index (κ3) is 4.21. The Kier molecular flexibility index (Phi) is 4.57. The van der Waals surface area contributed by atoms with E-state index >= 15 is 0 Å². The highest BCUT2D eigenvalue weighted by Crippen LogP contribution is 2.20. The topological polar surface area (TPSA) is 55.1 Å². The Balaban J connectivity index is 2.30. The van der Waals surface area contributed by atoms with Crippen molar-refractivity contribution in [3.8, 4) is 0 Å². The van der Waals surface area contributed by atoms with Crippen molar-refractivity contribution < 1.29 is 4.79 Å². The lowest BCUT2D eigenvalue weighted by atomic mass is 10.2. The molecule has 1 atom stereocenters. The molecule has 0 saturated heterocycles. The van der Waals surface area contributed by atoms with Crippen LogP contribution in [0.15, 0.2) is 15.2 Å². The van der Waals surface area contributed by atoms with E-state index in [1.54, 1.807) is 11.3 Å². The maximum absolute atomic E-state index is 10.6. The highest BCUT2D eigenvalue weighted by molar-refractivity contribution is 9.11. The van der Waals surface area contributed by atoms with E-state index < -0.39 is 0 Å². The number of hydrogen-bond donors (Lipinski definition) is 2. The molecule has 0 saturated carbocycles. The van der Waals surface area contributed by atoms with Crippen molar-refractivity contribution in [2.75, 3.05) is 0 Å². The van der Waals surface area contributed by atoms with Gasteiger partial charge in [-0.15, -0.1) is 11.3 Å². The molecule has 0 radical (unpaired) electrons. The fourth-order valence-electron chi connectivity index (χ4n) is 1.10. The first-order chi connectivity index (χ1) is 6.58. The molecular weight excluding hydrogens is 264 g/mol. The number of halogens is 1. The van der Waals surface area contributed by atoms with Gasteiger partial charge in [-0.3, -0.25) is 4.79 Å². The second-order valence-corrected chi connectivity index (χ2v) is 5.50. The van der Waals surface area contributed by atoms with E-state index in [0.717, 1.165) is 10.3 Å². The van der Waals surface area contributed by atoms with Crippen LogP contribution >= 0.6 is 27.3 Å². The van der Waals surface area contributed by atoms with Crippen molar-refractivity contribution in [2.45, 2.75) is 25.9 Å². The second-order valence-electron chi connectivity index (χ2n) is 3.21. The summed E-state index contributed by atoms with van der Waals surface area (Å²) in [6.07, 6.45) is 0.380. The van der Waals surface area contributed by atoms with Crippen LogP contribution in [0, 0.1) is 0 Å². The van der Waals surface area contributed by atoms with Crippen LogP contribution in [-0.2, 0) is 11.3 Å². The molecule has 0 fully saturated rings. The summed E-state index contributed by atoms with van der Waals surface area (Å²) in [4.78, 5) is 10.6. The van der Waals surface area contributed by atoms with Crippen molar-refractivity contribution >= 4 is 33.2 Å². The smallest absolute Gasteiger partial charge is 0.218 e. The van der Waals surface area contributed by atoms with Gasteiger partial charge in [-0.05, 0) is 39.9 Å². The van der Waals surface area contributed by atoms with Gasteiger partial charge in [0.25, 0.3) is 0 Å². The molecule has 0 aromatic carbocycles. The number of nitrogens with two attached hydrogens (primary N) is 1. The number of amides is 1.